The van der Waals surface area contributed by atoms with Crippen LogP contribution in [0.15, 0.2) is 18.2 Å². The van der Waals surface area contributed by atoms with E-state index in [0.29, 0.717) is 5.56 Å². The van der Waals surface area contributed by atoms with Crippen molar-refractivity contribution in [3.63, 3.8) is 0 Å². The molecule has 2 aliphatic rings. The Hall–Kier alpha value is -0.900. The van der Waals surface area contributed by atoms with Crippen LogP contribution in [0.5, 0.6) is 0 Å². The summed E-state index contributed by atoms with van der Waals surface area (Å²) in [5.41, 5.74) is -0.433. The van der Waals surface area contributed by atoms with Crippen LogP contribution in [0.3, 0.4) is 0 Å². The molecule has 5 nitrogen and oxygen atoms in total. The summed E-state index contributed by atoms with van der Waals surface area (Å²) in [5, 5.41) is 9.87. The zero-order chi connectivity index (χ0) is 19.3. The molecule has 9 heteroatoms. The fraction of sp³-hybridized carbons (Fsp3) is 0.647. The maximum absolute atomic E-state index is 12.7. The second-order valence-corrected chi connectivity index (χ2v) is 7.30. The molecule has 0 unspecified atom stereocenters. The van der Waals surface area contributed by atoms with E-state index in [0.717, 1.165) is 12.1 Å². The molecule has 2 saturated heterocycles. The smallest absolute Gasteiger partial charge is 0.391 e. The second-order valence-electron chi connectivity index (χ2n) is 6.89. The van der Waals surface area contributed by atoms with Crippen LogP contribution in [-0.2, 0) is 31.7 Å². The molecular weight excluding hydrogens is 377 g/mol. The van der Waals surface area contributed by atoms with Crippen molar-refractivity contribution < 1.29 is 37.2 Å². The zero-order valence-electron chi connectivity index (χ0n) is 14.4. The summed E-state index contributed by atoms with van der Waals surface area (Å²) in [6.07, 6.45) is -7.89. The average Bonchev–Trinajstić information content (AvgIpc) is 2.97. The van der Waals surface area contributed by atoms with Crippen LogP contribution in [0, 0.1) is 0 Å². The molecule has 0 saturated carbocycles. The van der Waals surface area contributed by atoms with E-state index in [1.54, 1.807) is 20.8 Å². The van der Waals surface area contributed by atoms with E-state index >= 15 is 0 Å². The summed E-state index contributed by atoms with van der Waals surface area (Å²) >= 11 is 5.96. The molecule has 0 aliphatic carbocycles. The maximum Gasteiger partial charge on any atom is 0.416 e. The van der Waals surface area contributed by atoms with E-state index in [1.165, 1.54) is 6.07 Å². The van der Waals surface area contributed by atoms with Gasteiger partial charge in [0, 0.05) is 5.02 Å². The number of ether oxygens (including phenoxy) is 4. The molecule has 2 heterocycles. The molecule has 0 spiro atoms. The number of alkyl halides is 3. The van der Waals surface area contributed by atoms with Crippen LogP contribution in [-0.4, -0.2) is 41.6 Å². The number of hydrogen-bond donors (Lipinski definition) is 1. The molecule has 146 valence electrons. The lowest BCUT2D eigenvalue weighted by Gasteiger charge is -2.27. The Labute approximate surface area is 153 Å². The average molecular weight is 397 g/mol. The molecule has 1 aromatic rings. The summed E-state index contributed by atoms with van der Waals surface area (Å²) in [5.74, 6) is -0.855. The molecule has 3 rings (SSSR count). The highest BCUT2D eigenvalue weighted by atomic mass is 35.5. The Kier molecular flexibility index (Phi) is 5.29. The molecule has 26 heavy (non-hydrogen) atoms. The third-order valence-corrected chi connectivity index (χ3v) is 4.67. The quantitative estimate of drug-likeness (QED) is 0.844. The van der Waals surface area contributed by atoms with Crippen molar-refractivity contribution in [2.75, 3.05) is 0 Å². The normalized spacial score (nSPS) is 31.8. The van der Waals surface area contributed by atoms with Crippen molar-refractivity contribution in [1.29, 1.82) is 0 Å². The molecule has 2 fully saturated rings. The number of hydrogen-bond acceptors (Lipinski definition) is 5. The van der Waals surface area contributed by atoms with Crippen LogP contribution >= 0.6 is 11.6 Å². The molecule has 1 aromatic carbocycles. The Morgan fingerprint density at radius 2 is 2.00 bits per heavy atom. The highest BCUT2D eigenvalue weighted by molar-refractivity contribution is 6.31. The van der Waals surface area contributed by atoms with Gasteiger partial charge in [0.05, 0.1) is 18.3 Å². The first-order valence-electron chi connectivity index (χ1n) is 8.14. The number of benzene rings is 1. The van der Waals surface area contributed by atoms with Crippen LogP contribution in [0.4, 0.5) is 13.2 Å². The van der Waals surface area contributed by atoms with E-state index < -0.39 is 48.2 Å². The molecule has 0 aromatic heterocycles. The maximum atomic E-state index is 12.7. The van der Waals surface area contributed by atoms with Gasteiger partial charge in [-0.2, -0.15) is 13.2 Å². The van der Waals surface area contributed by atoms with Gasteiger partial charge < -0.3 is 24.1 Å². The minimum atomic E-state index is -4.46. The summed E-state index contributed by atoms with van der Waals surface area (Å²) in [6.45, 7) is 4.96. The van der Waals surface area contributed by atoms with Crippen LogP contribution < -0.4 is 0 Å². The fourth-order valence-electron chi connectivity index (χ4n) is 3.11. The lowest BCUT2D eigenvalue weighted by Crippen LogP contribution is -2.41. The second kappa shape index (κ2) is 6.92. The van der Waals surface area contributed by atoms with Gasteiger partial charge >= 0.3 is 6.18 Å². The van der Waals surface area contributed by atoms with Crippen molar-refractivity contribution in [3.05, 3.63) is 34.3 Å². The van der Waals surface area contributed by atoms with Crippen molar-refractivity contribution in [2.45, 2.75) is 70.0 Å². The highest BCUT2D eigenvalue weighted by Gasteiger charge is 2.56. The Bertz CT molecular complexity index is 664. The minimum Gasteiger partial charge on any atom is -0.391 e. The van der Waals surface area contributed by atoms with Gasteiger partial charge in [-0.1, -0.05) is 17.7 Å². The van der Waals surface area contributed by atoms with Gasteiger partial charge in [0.1, 0.15) is 18.3 Å². The lowest BCUT2D eigenvalue weighted by atomic mass is 10.1. The van der Waals surface area contributed by atoms with Crippen LogP contribution in [0.25, 0.3) is 0 Å². The van der Waals surface area contributed by atoms with Crippen molar-refractivity contribution in [2.24, 2.45) is 0 Å². The van der Waals surface area contributed by atoms with Crippen molar-refractivity contribution in [1.82, 2.24) is 0 Å². The van der Waals surface area contributed by atoms with Crippen LogP contribution in [0.1, 0.15) is 31.9 Å². The molecule has 2 aliphatic heterocycles. The molecule has 5 atom stereocenters. The largest absolute Gasteiger partial charge is 0.416 e. The third-order valence-electron chi connectivity index (χ3n) is 4.31. The van der Waals surface area contributed by atoms with Gasteiger partial charge in [0.2, 0.25) is 0 Å². The molecule has 0 radical (unpaired) electrons. The standard InChI is InChI=1S/C17H20ClF3O5/c1-8(22)12-13(14-15(24-12)26-16(2,3)25-14)23-7-9-4-5-10(6-11(9)18)17(19,20)21/h4-6,8,12-15,22H,7H2,1-3H3/t8-,12-,13+,14-,15-/m1/s1. The van der Waals surface area contributed by atoms with Gasteiger partial charge in [-0.15, -0.1) is 0 Å². The molecule has 1 N–H and O–H groups in total. The zero-order valence-corrected chi connectivity index (χ0v) is 15.2. The van der Waals surface area contributed by atoms with Crippen molar-refractivity contribution >= 4 is 11.6 Å². The SMILES string of the molecule is C[C@@H](O)[C@H]1O[C@@H]2OC(C)(C)O[C@@H]2[C@H]1OCc1ccc(C(F)(F)F)cc1Cl. The minimum absolute atomic E-state index is 0.0483. The topological polar surface area (TPSA) is 57.2 Å². The van der Waals surface area contributed by atoms with Gasteiger partial charge in [-0.3, -0.25) is 0 Å². The van der Waals surface area contributed by atoms with E-state index in [4.69, 9.17) is 30.5 Å². The Morgan fingerprint density at radius 1 is 1.31 bits per heavy atom. The predicted molar refractivity (Wildman–Crippen MR) is 85.4 cm³/mol. The van der Waals surface area contributed by atoms with E-state index in [9.17, 15) is 18.3 Å². The first kappa shape index (κ1) is 19.9. The van der Waals surface area contributed by atoms with Gasteiger partial charge in [0.15, 0.2) is 12.1 Å². The summed E-state index contributed by atoms with van der Waals surface area (Å²) in [4.78, 5) is 0. The summed E-state index contributed by atoms with van der Waals surface area (Å²) in [6, 6.07) is 3.08. The van der Waals surface area contributed by atoms with Gasteiger partial charge in [-0.25, -0.2) is 0 Å². The molecule has 0 bridgehead atoms. The first-order valence-corrected chi connectivity index (χ1v) is 8.52. The van der Waals surface area contributed by atoms with Crippen molar-refractivity contribution in [3.8, 4) is 0 Å². The van der Waals surface area contributed by atoms with E-state index in [-0.39, 0.29) is 11.6 Å². The molecular formula is C17H20ClF3O5. The lowest BCUT2D eigenvalue weighted by molar-refractivity contribution is -0.229. The van der Waals surface area contributed by atoms with Gasteiger partial charge in [0.25, 0.3) is 0 Å². The highest BCUT2D eigenvalue weighted by Crippen LogP contribution is 2.40. The summed E-state index contributed by atoms with van der Waals surface area (Å²) < 4.78 is 61.1. The summed E-state index contributed by atoms with van der Waals surface area (Å²) in [7, 11) is 0. The number of fused-ring (bicyclic) bond motifs is 1. The number of halogens is 4. The first-order chi connectivity index (χ1) is 12.0. The monoisotopic (exact) mass is 396 g/mol. The predicted octanol–water partition coefficient (Wildman–Crippen LogP) is 3.50. The Balaban J connectivity index is 1.73. The van der Waals surface area contributed by atoms with E-state index in [1.807, 2.05) is 0 Å². The number of aliphatic hydroxyl groups is 1. The fourth-order valence-corrected chi connectivity index (χ4v) is 3.34. The van der Waals surface area contributed by atoms with Crippen LogP contribution in [0.2, 0.25) is 5.02 Å². The molecule has 0 amide bonds. The third kappa shape index (κ3) is 4.00. The van der Waals surface area contributed by atoms with Gasteiger partial charge in [-0.05, 0) is 38.5 Å². The van der Waals surface area contributed by atoms with E-state index in [2.05, 4.69) is 0 Å². The number of rotatable bonds is 4. The number of aliphatic hydroxyl groups excluding tert-OH is 1. The Morgan fingerprint density at radius 3 is 2.58 bits per heavy atom.